The van der Waals surface area contributed by atoms with E-state index >= 15 is 0 Å². The Bertz CT molecular complexity index is 824. The lowest BCUT2D eigenvalue weighted by molar-refractivity contribution is 0.0943. The molecule has 2 heterocycles. The first kappa shape index (κ1) is 16.8. The Kier molecular flexibility index (Phi) is 5.53. The van der Waals surface area contributed by atoms with Crippen LogP contribution in [0.2, 0.25) is 0 Å². The number of hydrogen-bond donors (Lipinski definition) is 2. The summed E-state index contributed by atoms with van der Waals surface area (Å²) in [5.41, 5.74) is 0.324. The fourth-order valence-electron chi connectivity index (χ4n) is 1.94. The van der Waals surface area contributed by atoms with Crippen molar-refractivity contribution in [3.8, 4) is 5.75 Å². The normalized spacial score (nSPS) is 10.3. The van der Waals surface area contributed by atoms with Crippen LogP contribution in [0.5, 0.6) is 5.75 Å². The monoisotopic (exact) mass is 358 g/mol. The predicted octanol–water partition coefficient (Wildman–Crippen LogP) is 3.23. The molecule has 0 atom stereocenters. The molecular formula is C17H15FN4O2S. The van der Waals surface area contributed by atoms with E-state index in [-0.39, 0.29) is 18.3 Å². The number of carbonyl (C=O) groups is 1. The summed E-state index contributed by atoms with van der Waals surface area (Å²) < 4.78 is 18.2. The van der Waals surface area contributed by atoms with Gasteiger partial charge in [0.05, 0.1) is 6.54 Å². The van der Waals surface area contributed by atoms with Crippen molar-refractivity contribution in [3.63, 3.8) is 0 Å². The maximum absolute atomic E-state index is 12.8. The average molecular weight is 358 g/mol. The lowest BCUT2D eigenvalue weighted by atomic mass is 10.3. The highest BCUT2D eigenvalue weighted by Gasteiger charge is 2.10. The fraction of sp³-hybridized carbons (Fsp3) is 0.118. The number of benzene rings is 1. The molecule has 0 saturated carbocycles. The minimum atomic E-state index is -0.320. The Morgan fingerprint density at radius 2 is 2.04 bits per heavy atom. The van der Waals surface area contributed by atoms with Gasteiger partial charge in [0.15, 0.2) is 5.13 Å². The molecule has 3 aromatic rings. The second-order valence-electron chi connectivity index (χ2n) is 4.94. The molecule has 2 aromatic heterocycles. The van der Waals surface area contributed by atoms with Crippen molar-refractivity contribution in [2.75, 3.05) is 18.5 Å². The minimum absolute atomic E-state index is 0.278. The largest absolute Gasteiger partial charge is 0.492 e. The van der Waals surface area contributed by atoms with E-state index in [1.807, 2.05) is 18.2 Å². The number of nitrogens with one attached hydrogen (secondary N) is 2. The summed E-state index contributed by atoms with van der Waals surface area (Å²) in [6.45, 7) is 0.595. The molecular weight excluding hydrogens is 343 g/mol. The molecule has 1 aromatic carbocycles. The minimum Gasteiger partial charge on any atom is -0.492 e. The number of halogens is 1. The summed E-state index contributed by atoms with van der Waals surface area (Å²) in [6, 6.07) is 11.2. The molecule has 0 fully saturated rings. The zero-order chi connectivity index (χ0) is 17.5. The van der Waals surface area contributed by atoms with Gasteiger partial charge in [0, 0.05) is 11.6 Å². The second-order valence-corrected chi connectivity index (χ2v) is 5.79. The van der Waals surface area contributed by atoms with Crippen LogP contribution in [0.1, 0.15) is 10.5 Å². The van der Waals surface area contributed by atoms with E-state index in [1.54, 1.807) is 11.6 Å². The summed E-state index contributed by atoms with van der Waals surface area (Å²) in [6.07, 6.45) is 1.67. The van der Waals surface area contributed by atoms with Crippen LogP contribution in [-0.4, -0.2) is 29.0 Å². The third kappa shape index (κ3) is 4.98. The highest BCUT2D eigenvalue weighted by molar-refractivity contribution is 7.14. The highest BCUT2D eigenvalue weighted by atomic mass is 32.1. The topological polar surface area (TPSA) is 76.1 Å². The number of ether oxygens (including phenoxy) is 1. The zero-order valence-electron chi connectivity index (χ0n) is 13.1. The molecule has 0 aliphatic rings. The van der Waals surface area contributed by atoms with Gasteiger partial charge in [-0.2, -0.15) is 0 Å². The van der Waals surface area contributed by atoms with E-state index in [4.69, 9.17) is 4.74 Å². The Morgan fingerprint density at radius 3 is 2.80 bits per heavy atom. The first-order valence-electron chi connectivity index (χ1n) is 7.51. The number of aromatic nitrogens is 2. The summed E-state index contributed by atoms with van der Waals surface area (Å²) in [4.78, 5) is 20.4. The van der Waals surface area contributed by atoms with Gasteiger partial charge in [-0.15, -0.1) is 11.3 Å². The number of rotatable bonds is 7. The van der Waals surface area contributed by atoms with Gasteiger partial charge < -0.3 is 15.4 Å². The first-order valence-corrected chi connectivity index (χ1v) is 8.39. The quantitative estimate of drug-likeness (QED) is 0.634. The molecule has 1 amide bonds. The van der Waals surface area contributed by atoms with Crippen LogP contribution in [0, 0.1) is 5.82 Å². The maximum atomic E-state index is 12.8. The smallest absolute Gasteiger partial charge is 0.270 e. The van der Waals surface area contributed by atoms with Crippen LogP contribution >= 0.6 is 11.3 Å². The number of pyridine rings is 1. The number of nitrogens with zero attached hydrogens (tertiary/aromatic N) is 2. The molecule has 25 heavy (non-hydrogen) atoms. The van der Waals surface area contributed by atoms with Crippen molar-refractivity contribution in [1.29, 1.82) is 0 Å². The van der Waals surface area contributed by atoms with Gasteiger partial charge in [0.2, 0.25) is 0 Å². The van der Waals surface area contributed by atoms with Crippen LogP contribution in [0.15, 0.2) is 54.0 Å². The van der Waals surface area contributed by atoms with Crippen molar-refractivity contribution in [3.05, 3.63) is 65.6 Å². The van der Waals surface area contributed by atoms with E-state index < -0.39 is 0 Å². The van der Waals surface area contributed by atoms with E-state index in [1.165, 1.54) is 35.6 Å². The number of hydrogen-bond acceptors (Lipinski definition) is 6. The third-order valence-electron chi connectivity index (χ3n) is 3.11. The van der Waals surface area contributed by atoms with E-state index in [0.29, 0.717) is 28.9 Å². The molecule has 0 aliphatic carbocycles. The molecule has 0 aliphatic heterocycles. The van der Waals surface area contributed by atoms with Crippen molar-refractivity contribution in [2.45, 2.75) is 0 Å². The van der Waals surface area contributed by atoms with Crippen molar-refractivity contribution in [1.82, 2.24) is 15.3 Å². The number of carbonyl (C=O) groups excluding carboxylic acids is 1. The molecule has 0 bridgehead atoms. The summed E-state index contributed by atoms with van der Waals surface area (Å²) in [7, 11) is 0. The van der Waals surface area contributed by atoms with Gasteiger partial charge >= 0.3 is 0 Å². The lowest BCUT2D eigenvalue weighted by Crippen LogP contribution is -2.28. The molecule has 128 valence electrons. The van der Waals surface area contributed by atoms with Crippen molar-refractivity contribution < 1.29 is 13.9 Å². The Morgan fingerprint density at radius 1 is 1.20 bits per heavy atom. The van der Waals surface area contributed by atoms with Gasteiger partial charge in [0.25, 0.3) is 5.91 Å². The predicted molar refractivity (Wildman–Crippen MR) is 93.9 cm³/mol. The van der Waals surface area contributed by atoms with Gasteiger partial charge in [-0.3, -0.25) is 4.79 Å². The summed E-state index contributed by atoms with van der Waals surface area (Å²) in [5.74, 6) is 0.606. The fourth-order valence-corrected chi connectivity index (χ4v) is 2.63. The Labute approximate surface area is 147 Å². The SMILES string of the molecule is O=C(NCCOc1ccc(F)cc1)c1csc(Nc2ccccn2)n1. The maximum Gasteiger partial charge on any atom is 0.270 e. The van der Waals surface area contributed by atoms with Gasteiger partial charge in [0.1, 0.15) is 29.7 Å². The second kappa shape index (κ2) is 8.20. The molecule has 0 spiro atoms. The lowest BCUT2D eigenvalue weighted by Gasteiger charge is -2.06. The molecule has 0 saturated heterocycles. The molecule has 3 rings (SSSR count). The summed E-state index contributed by atoms with van der Waals surface area (Å²) >= 11 is 1.32. The van der Waals surface area contributed by atoms with E-state index in [2.05, 4.69) is 20.6 Å². The molecule has 8 heteroatoms. The van der Waals surface area contributed by atoms with Crippen LogP contribution in [0.4, 0.5) is 15.3 Å². The molecule has 2 N–H and O–H groups in total. The van der Waals surface area contributed by atoms with Gasteiger partial charge in [-0.05, 0) is 36.4 Å². The van der Waals surface area contributed by atoms with Crippen molar-refractivity contribution >= 4 is 28.2 Å². The van der Waals surface area contributed by atoms with Crippen molar-refractivity contribution in [2.24, 2.45) is 0 Å². The number of anilines is 2. The average Bonchev–Trinajstić information content (AvgIpc) is 3.09. The van der Waals surface area contributed by atoms with Crippen LogP contribution in [0.3, 0.4) is 0 Å². The molecule has 0 radical (unpaired) electrons. The van der Waals surface area contributed by atoms with E-state index in [9.17, 15) is 9.18 Å². The summed E-state index contributed by atoms with van der Waals surface area (Å²) in [5, 5.41) is 8.01. The van der Waals surface area contributed by atoms with Crippen LogP contribution in [0.25, 0.3) is 0 Å². The third-order valence-corrected chi connectivity index (χ3v) is 3.86. The zero-order valence-corrected chi connectivity index (χ0v) is 13.9. The Hall–Kier alpha value is -3.00. The first-order chi connectivity index (χ1) is 12.2. The Balaban J connectivity index is 1.44. The van der Waals surface area contributed by atoms with Crippen LogP contribution in [-0.2, 0) is 0 Å². The number of amides is 1. The number of thiazole rings is 1. The molecule has 0 unspecified atom stereocenters. The van der Waals surface area contributed by atoms with Crippen LogP contribution < -0.4 is 15.4 Å². The highest BCUT2D eigenvalue weighted by Crippen LogP contribution is 2.19. The van der Waals surface area contributed by atoms with Gasteiger partial charge in [-0.1, -0.05) is 6.07 Å². The van der Waals surface area contributed by atoms with E-state index in [0.717, 1.165) is 0 Å². The standard InChI is InChI=1S/C17H15FN4O2S/c18-12-4-6-13(7-5-12)24-10-9-20-16(23)14-11-25-17(21-14)22-15-3-1-2-8-19-15/h1-8,11H,9-10H2,(H,20,23)(H,19,21,22). The molecule has 6 nitrogen and oxygen atoms in total. The van der Waals surface area contributed by atoms with Gasteiger partial charge in [-0.25, -0.2) is 14.4 Å².